The first-order chi connectivity index (χ1) is 13.5. The Hall–Kier alpha value is -0.120. The van der Waals surface area contributed by atoms with Crippen molar-refractivity contribution in [2.75, 3.05) is 26.2 Å². The van der Waals surface area contributed by atoms with Crippen LogP contribution in [0.25, 0.3) is 0 Å². The third-order valence-electron chi connectivity index (χ3n) is 10.5. The van der Waals surface area contributed by atoms with Crippen molar-refractivity contribution in [3.05, 3.63) is 0 Å². The molecule has 5 fully saturated rings. The number of nitrogens with zero attached hydrogens (tertiary/aromatic N) is 1. The van der Waals surface area contributed by atoms with E-state index >= 15 is 0 Å². The van der Waals surface area contributed by atoms with E-state index in [1.165, 1.54) is 77.3 Å². The molecule has 5 aliphatic rings. The minimum absolute atomic E-state index is 0.0382. The summed E-state index contributed by atoms with van der Waals surface area (Å²) in [5, 5.41) is 10.6. The molecule has 0 bridgehead atoms. The number of ether oxygens (including phenoxy) is 1. The number of fused-ring (bicyclic) bond motifs is 5. The van der Waals surface area contributed by atoms with Crippen LogP contribution in [0.1, 0.15) is 84.5 Å². The lowest BCUT2D eigenvalue weighted by Crippen LogP contribution is -2.54. The highest BCUT2D eigenvalue weighted by Crippen LogP contribution is 2.66. The maximum atomic E-state index is 10.6. The Morgan fingerprint density at radius 1 is 0.893 bits per heavy atom. The molecule has 160 valence electrons. The van der Waals surface area contributed by atoms with E-state index in [2.05, 4.69) is 18.7 Å². The Bertz CT molecular complexity index is 561. The first-order valence-electron chi connectivity index (χ1n) is 12.5. The number of aliphatic hydroxyl groups excluding tert-OH is 1. The quantitative estimate of drug-likeness (QED) is 0.744. The van der Waals surface area contributed by atoms with Gasteiger partial charge in [0.25, 0.3) is 0 Å². The zero-order valence-electron chi connectivity index (χ0n) is 18.4. The van der Waals surface area contributed by atoms with Crippen molar-refractivity contribution in [1.29, 1.82) is 0 Å². The van der Waals surface area contributed by atoms with E-state index in [9.17, 15) is 5.11 Å². The third kappa shape index (κ3) is 3.19. The fourth-order valence-electron chi connectivity index (χ4n) is 8.70. The first kappa shape index (κ1) is 19.8. The van der Waals surface area contributed by atoms with E-state index in [-0.39, 0.29) is 11.5 Å². The van der Waals surface area contributed by atoms with Gasteiger partial charge in [-0.15, -0.1) is 0 Å². The molecular weight excluding hydrogens is 346 g/mol. The lowest BCUT2D eigenvalue weighted by molar-refractivity contribution is -0.140. The molecule has 5 rings (SSSR count). The van der Waals surface area contributed by atoms with Crippen LogP contribution in [-0.4, -0.2) is 48.5 Å². The SMILES string of the molecule is C[C@]12CC[C@H](OCCN3CCCC3)CC1CCC1C2CC[C@@]2(C)C1CC[C@@H]2O. The molecule has 4 saturated carbocycles. The van der Waals surface area contributed by atoms with Gasteiger partial charge in [-0.2, -0.15) is 0 Å². The molecule has 3 nitrogen and oxygen atoms in total. The molecule has 0 aromatic heterocycles. The summed E-state index contributed by atoms with van der Waals surface area (Å²) in [6, 6.07) is 0. The highest BCUT2D eigenvalue weighted by Gasteiger charge is 2.60. The Morgan fingerprint density at radius 2 is 1.64 bits per heavy atom. The van der Waals surface area contributed by atoms with Crippen molar-refractivity contribution >= 4 is 0 Å². The van der Waals surface area contributed by atoms with Crippen molar-refractivity contribution in [1.82, 2.24) is 4.90 Å². The minimum atomic E-state index is -0.0382. The van der Waals surface area contributed by atoms with E-state index in [4.69, 9.17) is 4.74 Å². The molecule has 3 heteroatoms. The van der Waals surface area contributed by atoms with Crippen molar-refractivity contribution in [3.8, 4) is 0 Å². The van der Waals surface area contributed by atoms with Gasteiger partial charge in [0.1, 0.15) is 0 Å². The van der Waals surface area contributed by atoms with Crippen LogP contribution in [0.2, 0.25) is 0 Å². The number of likely N-dealkylation sites (tertiary alicyclic amines) is 1. The van der Waals surface area contributed by atoms with Crippen LogP contribution in [0.4, 0.5) is 0 Å². The van der Waals surface area contributed by atoms with Gasteiger partial charge in [-0.3, -0.25) is 0 Å². The Morgan fingerprint density at radius 3 is 2.46 bits per heavy atom. The maximum absolute atomic E-state index is 10.6. The minimum Gasteiger partial charge on any atom is -0.393 e. The third-order valence-corrected chi connectivity index (χ3v) is 10.5. The molecule has 28 heavy (non-hydrogen) atoms. The smallest absolute Gasteiger partial charge is 0.0597 e. The number of hydrogen-bond donors (Lipinski definition) is 1. The van der Waals surface area contributed by atoms with Crippen molar-refractivity contribution in [2.24, 2.45) is 34.5 Å². The van der Waals surface area contributed by atoms with Crippen LogP contribution >= 0.6 is 0 Å². The summed E-state index contributed by atoms with van der Waals surface area (Å²) in [5.74, 6) is 3.44. The van der Waals surface area contributed by atoms with Gasteiger partial charge < -0.3 is 14.7 Å². The Kier molecular flexibility index (Phi) is 5.33. The van der Waals surface area contributed by atoms with Gasteiger partial charge >= 0.3 is 0 Å². The molecule has 4 unspecified atom stereocenters. The molecule has 1 heterocycles. The zero-order valence-corrected chi connectivity index (χ0v) is 18.4. The van der Waals surface area contributed by atoms with Gasteiger partial charge in [0, 0.05) is 6.54 Å². The fraction of sp³-hybridized carbons (Fsp3) is 1.00. The molecule has 4 aliphatic carbocycles. The lowest BCUT2D eigenvalue weighted by Gasteiger charge is -2.60. The van der Waals surface area contributed by atoms with E-state index in [0.717, 1.165) is 43.2 Å². The average molecular weight is 390 g/mol. The summed E-state index contributed by atoms with van der Waals surface area (Å²) >= 11 is 0. The molecule has 8 atom stereocenters. The van der Waals surface area contributed by atoms with Gasteiger partial charge in [0.15, 0.2) is 0 Å². The average Bonchev–Trinajstić information content (AvgIpc) is 3.30. The molecule has 0 spiro atoms. The maximum Gasteiger partial charge on any atom is 0.0597 e. The summed E-state index contributed by atoms with van der Waals surface area (Å²) < 4.78 is 6.40. The van der Waals surface area contributed by atoms with E-state index in [1.807, 2.05) is 0 Å². The molecule has 1 N–H and O–H groups in total. The van der Waals surface area contributed by atoms with Gasteiger partial charge in [-0.25, -0.2) is 0 Å². The first-order valence-corrected chi connectivity index (χ1v) is 12.5. The predicted molar refractivity (Wildman–Crippen MR) is 113 cm³/mol. The lowest BCUT2D eigenvalue weighted by atomic mass is 9.45. The monoisotopic (exact) mass is 389 g/mol. The Labute approximate surface area is 172 Å². The molecule has 0 radical (unpaired) electrons. The largest absolute Gasteiger partial charge is 0.393 e. The van der Waals surface area contributed by atoms with Crippen molar-refractivity contribution in [2.45, 2.75) is 96.7 Å². The van der Waals surface area contributed by atoms with Gasteiger partial charge in [-0.1, -0.05) is 13.8 Å². The summed E-state index contributed by atoms with van der Waals surface area (Å²) in [6.07, 6.45) is 15.0. The molecule has 0 aromatic carbocycles. The predicted octanol–water partition coefficient (Wildman–Crippen LogP) is 4.87. The highest BCUT2D eigenvalue weighted by molar-refractivity contribution is 5.09. The number of hydrogen-bond acceptors (Lipinski definition) is 3. The van der Waals surface area contributed by atoms with Gasteiger partial charge in [-0.05, 0) is 118 Å². The van der Waals surface area contributed by atoms with Crippen LogP contribution in [-0.2, 0) is 4.74 Å². The second-order valence-corrected chi connectivity index (χ2v) is 11.6. The molecule has 0 amide bonds. The van der Waals surface area contributed by atoms with Crippen molar-refractivity contribution < 1.29 is 9.84 Å². The van der Waals surface area contributed by atoms with Crippen LogP contribution < -0.4 is 0 Å². The van der Waals surface area contributed by atoms with E-state index in [1.54, 1.807) is 0 Å². The number of rotatable bonds is 4. The van der Waals surface area contributed by atoms with Crippen LogP contribution in [0, 0.1) is 34.5 Å². The topological polar surface area (TPSA) is 32.7 Å². The van der Waals surface area contributed by atoms with E-state index in [0.29, 0.717) is 11.5 Å². The fourth-order valence-corrected chi connectivity index (χ4v) is 8.70. The second-order valence-electron chi connectivity index (χ2n) is 11.6. The molecule has 1 aliphatic heterocycles. The summed E-state index contributed by atoms with van der Waals surface area (Å²) in [4.78, 5) is 2.58. The van der Waals surface area contributed by atoms with Crippen LogP contribution in [0.5, 0.6) is 0 Å². The van der Waals surface area contributed by atoms with Gasteiger partial charge in [0.2, 0.25) is 0 Å². The van der Waals surface area contributed by atoms with Crippen LogP contribution in [0.3, 0.4) is 0 Å². The van der Waals surface area contributed by atoms with E-state index < -0.39 is 0 Å². The molecular formula is C25H43NO2. The summed E-state index contributed by atoms with van der Waals surface area (Å²) in [7, 11) is 0. The summed E-state index contributed by atoms with van der Waals surface area (Å²) in [5.41, 5.74) is 0.757. The number of aliphatic hydroxyl groups is 1. The molecule has 1 saturated heterocycles. The van der Waals surface area contributed by atoms with Gasteiger partial charge in [0.05, 0.1) is 18.8 Å². The Balaban J connectivity index is 1.20. The second kappa shape index (κ2) is 7.54. The summed E-state index contributed by atoms with van der Waals surface area (Å²) in [6.45, 7) is 9.71. The zero-order chi connectivity index (χ0) is 19.4. The van der Waals surface area contributed by atoms with Crippen molar-refractivity contribution in [3.63, 3.8) is 0 Å². The highest BCUT2D eigenvalue weighted by atomic mass is 16.5. The van der Waals surface area contributed by atoms with Crippen LogP contribution in [0.15, 0.2) is 0 Å². The molecule has 0 aromatic rings. The normalized spacial score (nSPS) is 51.5. The standard InChI is InChI=1S/C25H43NO2/c1-24-11-9-19(28-16-15-26-13-3-4-14-26)17-18(24)5-6-20-21-7-8-23(27)25(21,2)12-10-22(20)24/h18-23,27H,3-17H2,1-2H3/t18?,19-,20?,21?,22?,23-,24-,25-/m0/s1.